The Morgan fingerprint density at radius 2 is 2.27 bits per heavy atom. The van der Waals surface area contributed by atoms with Crippen LogP contribution in [-0.4, -0.2) is 38.3 Å². The number of H-pyrrole nitrogens is 1. The van der Waals surface area contributed by atoms with Crippen LogP contribution in [-0.2, 0) is 6.42 Å². The van der Waals surface area contributed by atoms with Crippen molar-refractivity contribution in [3.63, 3.8) is 0 Å². The van der Waals surface area contributed by atoms with Crippen molar-refractivity contribution in [1.82, 2.24) is 20.5 Å². The maximum Gasteiger partial charge on any atom is 0.291 e. The van der Waals surface area contributed by atoms with E-state index in [1.165, 1.54) is 0 Å². The highest BCUT2D eigenvalue weighted by molar-refractivity contribution is 5.90. The van der Waals surface area contributed by atoms with Gasteiger partial charge in [0.25, 0.3) is 5.91 Å². The van der Waals surface area contributed by atoms with Gasteiger partial charge in [-0.2, -0.15) is 0 Å². The second-order valence-corrected chi connectivity index (χ2v) is 3.96. The van der Waals surface area contributed by atoms with Gasteiger partial charge in [0, 0.05) is 6.42 Å². The first-order chi connectivity index (χ1) is 6.98. The average molecular weight is 212 g/mol. The van der Waals surface area contributed by atoms with E-state index in [4.69, 9.17) is 5.11 Å². The van der Waals surface area contributed by atoms with Gasteiger partial charge in [-0.1, -0.05) is 6.92 Å². The van der Waals surface area contributed by atoms with Gasteiger partial charge in [0.15, 0.2) is 0 Å². The van der Waals surface area contributed by atoms with Crippen molar-refractivity contribution in [1.29, 1.82) is 0 Å². The summed E-state index contributed by atoms with van der Waals surface area (Å²) in [6, 6.07) is 0. The fourth-order valence-corrected chi connectivity index (χ4v) is 0.958. The number of nitrogens with zero attached hydrogens (tertiary/aromatic N) is 2. The molecule has 1 aromatic rings. The Bertz CT molecular complexity index is 346. The standard InChI is InChI=1S/C9H16N4O2/c1-4-6-10-7(13-12-6)8(15)11-9(2,3)5-14/h14H,4-5H2,1-3H3,(H,11,15)(H,10,12,13). The first-order valence-corrected chi connectivity index (χ1v) is 4.83. The molecule has 0 aromatic carbocycles. The third kappa shape index (κ3) is 3.02. The molecule has 6 heteroatoms. The van der Waals surface area contributed by atoms with Crippen LogP contribution in [0.3, 0.4) is 0 Å². The Balaban J connectivity index is 2.69. The molecule has 1 aromatic heterocycles. The van der Waals surface area contributed by atoms with E-state index in [9.17, 15) is 4.79 Å². The summed E-state index contributed by atoms with van der Waals surface area (Å²) in [5, 5.41) is 18.0. The molecule has 0 aliphatic carbocycles. The van der Waals surface area contributed by atoms with Crippen molar-refractivity contribution in [2.24, 2.45) is 0 Å². The van der Waals surface area contributed by atoms with Crippen molar-refractivity contribution >= 4 is 5.91 Å². The molecule has 15 heavy (non-hydrogen) atoms. The number of aromatic amines is 1. The van der Waals surface area contributed by atoms with Crippen LogP contribution in [0.4, 0.5) is 0 Å². The lowest BCUT2D eigenvalue weighted by molar-refractivity contribution is 0.0859. The van der Waals surface area contributed by atoms with Crippen LogP contribution in [0.5, 0.6) is 0 Å². The third-order valence-electron chi connectivity index (χ3n) is 1.92. The van der Waals surface area contributed by atoms with Gasteiger partial charge in [0.2, 0.25) is 5.82 Å². The van der Waals surface area contributed by atoms with Gasteiger partial charge in [-0.15, -0.1) is 5.10 Å². The SMILES string of the molecule is CCc1nc(C(=O)NC(C)(C)CO)n[nH]1. The lowest BCUT2D eigenvalue weighted by atomic mass is 10.1. The fraction of sp³-hybridized carbons (Fsp3) is 0.667. The minimum absolute atomic E-state index is 0.105. The second kappa shape index (κ2) is 4.39. The summed E-state index contributed by atoms with van der Waals surface area (Å²) in [6.07, 6.45) is 0.698. The average Bonchev–Trinajstić information content (AvgIpc) is 2.65. The van der Waals surface area contributed by atoms with Crippen LogP contribution in [0.15, 0.2) is 0 Å². The molecule has 0 spiro atoms. The van der Waals surface area contributed by atoms with Gasteiger partial charge in [0.05, 0.1) is 12.1 Å². The Morgan fingerprint density at radius 1 is 1.60 bits per heavy atom. The molecule has 1 amide bonds. The quantitative estimate of drug-likeness (QED) is 0.648. The van der Waals surface area contributed by atoms with Crippen LogP contribution in [0.25, 0.3) is 0 Å². The normalized spacial score (nSPS) is 11.5. The van der Waals surface area contributed by atoms with E-state index < -0.39 is 5.54 Å². The number of aliphatic hydroxyl groups is 1. The molecule has 0 fully saturated rings. The molecule has 0 unspecified atom stereocenters. The van der Waals surface area contributed by atoms with E-state index in [1.807, 2.05) is 6.92 Å². The number of carbonyl (C=O) groups excluding carboxylic acids is 1. The zero-order valence-electron chi connectivity index (χ0n) is 9.16. The molecule has 1 rings (SSSR count). The molecule has 1 heterocycles. The van der Waals surface area contributed by atoms with E-state index in [0.717, 1.165) is 0 Å². The van der Waals surface area contributed by atoms with Crippen LogP contribution >= 0.6 is 0 Å². The van der Waals surface area contributed by atoms with Crippen LogP contribution in [0.2, 0.25) is 0 Å². The summed E-state index contributed by atoms with van der Waals surface area (Å²) >= 11 is 0. The van der Waals surface area contributed by atoms with E-state index in [0.29, 0.717) is 12.2 Å². The maximum atomic E-state index is 11.6. The molecule has 84 valence electrons. The minimum atomic E-state index is -0.663. The van der Waals surface area contributed by atoms with Gasteiger partial charge < -0.3 is 10.4 Å². The van der Waals surface area contributed by atoms with E-state index in [-0.39, 0.29) is 18.3 Å². The summed E-state index contributed by atoms with van der Waals surface area (Å²) in [5.41, 5.74) is -0.663. The molecular formula is C9H16N4O2. The van der Waals surface area contributed by atoms with Crippen LogP contribution in [0, 0.1) is 0 Å². The number of carbonyl (C=O) groups is 1. The van der Waals surface area contributed by atoms with Gasteiger partial charge in [-0.05, 0) is 13.8 Å². The topological polar surface area (TPSA) is 90.9 Å². The number of aliphatic hydroxyl groups excluding tert-OH is 1. The number of rotatable bonds is 4. The zero-order valence-corrected chi connectivity index (χ0v) is 9.16. The van der Waals surface area contributed by atoms with Gasteiger partial charge >= 0.3 is 0 Å². The number of hydrogen-bond donors (Lipinski definition) is 3. The Labute approximate surface area is 88.1 Å². The largest absolute Gasteiger partial charge is 0.394 e. The van der Waals surface area contributed by atoms with Gasteiger partial charge in [-0.3, -0.25) is 9.89 Å². The molecule has 0 atom stereocenters. The highest BCUT2D eigenvalue weighted by Crippen LogP contribution is 2.02. The Hall–Kier alpha value is -1.43. The van der Waals surface area contributed by atoms with Gasteiger partial charge in [0.1, 0.15) is 5.82 Å². The molecule has 3 N–H and O–H groups in total. The molecule has 0 aliphatic heterocycles. The van der Waals surface area contributed by atoms with Crippen molar-refractivity contribution in [2.75, 3.05) is 6.61 Å². The highest BCUT2D eigenvalue weighted by Gasteiger charge is 2.22. The van der Waals surface area contributed by atoms with Crippen LogP contribution < -0.4 is 5.32 Å². The predicted octanol–water partition coefficient (Wildman–Crippen LogP) is -0.132. The summed E-state index contributed by atoms with van der Waals surface area (Å²) in [4.78, 5) is 15.6. The molecule has 0 aliphatic rings. The van der Waals surface area contributed by atoms with E-state index in [2.05, 4.69) is 20.5 Å². The number of hydrogen-bond acceptors (Lipinski definition) is 4. The lowest BCUT2D eigenvalue weighted by Crippen LogP contribution is -2.46. The minimum Gasteiger partial charge on any atom is -0.394 e. The lowest BCUT2D eigenvalue weighted by Gasteiger charge is -2.22. The smallest absolute Gasteiger partial charge is 0.291 e. The van der Waals surface area contributed by atoms with Crippen molar-refractivity contribution in [3.8, 4) is 0 Å². The molecule has 6 nitrogen and oxygen atoms in total. The molecular weight excluding hydrogens is 196 g/mol. The summed E-state index contributed by atoms with van der Waals surface area (Å²) in [5.74, 6) is 0.389. The zero-order chi connectivity index (χ0) is 11.5. The van der Waals surface area contributed by atoms with Crippen molar-refractivity contribution < 1.29 is 9.90 Å². The number of amides is 1. The number of aromatic nitrogens is 3. The predicted molar refractivity (Wildman–Crippen MR) is 54.4 cm³/mol. The van der Waals surface area contributed by atoms with E-state index in [1.54, 1.807) is 13.8 Å². The van der Waals surface area contributed by atoms with Crippen LogP contribution in [0.1, 0.15) is 37.2 Å². The fourth-order valence-electron chi connectivity index (χ4n) is 0.958. The summed E-state index contributed by atoms with van der Waals surface area (Å²) in [6.45, 7) is 5.22. The third-order valence-corrected chi connectivity index (χ3v) is 1.92. The molecule has 0 saturated carbocycles. The summed E-state index contributed by atoms with van der Waals surface area (Å²) < 4.78 is 0. The molecule has 0 saturated heterocycles. The highest BCUT2D eigenvalue weighted by atomic mass is 16.3. The van der Waals surface area contributed by atoms with E-state index >= 15 is 0 Å². The van der Waals surface area contributed by atoms with Gasteiger partial charge in [-0.25, -0.2) is 4.98 Å². The van der Waals surface area contributed by atoms with Crippen molar-refractivity contribution in [2.45, 2.75) is 32.7 Å². The monoisotopic (exact) mass is 212 g/mol. The van der Waals surface area contributed by atoms with Crippen molar-refractivity contribution in [3.05, 3.63) is 11.6 Å². The maximum absolute atomic E-state index is 11.6. The number of aryl methyl sites for hydroxylation is 1. The second-order valence-electron chi connectivity index (χ2n) is 3.96. The summed E-state index contributed by atoms with van der Waals surface area (Å²) in [7, 11) is 0. The first-order valence-electron chi connectivity index (χ1n) is 4.83. The first kappa shape index (κ1) is 11.6. The Kier molecular flexibility index (Phi) is 3.41. The molecule has 0 radical (unpaired) electrons. The number of nitrogens with one attached hydrogen (secondary N) is 2. The molecule has 0 bridgehead atoms. The Morgan fingerprint density at radius 3 is 2.73 bits per heavy atom.